The average Bonchev–Trinajstić information content (AvgIpc) is 2.56. The van der Waals surface area contributed by atoms with Crippen LogP contribution in [0.25, 0.3) is 0 Å². The first-order chi connectivity index (χ1) is 11.1. The van der Waals surface area contributed by atoms with Crippen molar-refractivity contribution in [2.24, 2.45) is 11.7 Å². The van der Waals surface area contributed by atoms with Crippen molar-refractivity contribution < 1.29 is 19.8 Å². The zero-order chi connectivity index (χ0) is 17.1. The van der Waals surface area contributed by atoms with Crippen LogP contribution in [-0.2, 0) is 4.79 Å². The number of piperidine rings is 1. The quantitative estimate of drug-likeness (QED) is 0.542. The van der Waals surface area contributed by atoms with E-state index >= 15 is 0 Å². The van der Waals surface area contributed by atoms with E-state index < -0.39 is 5.91 Å². The Balaban J connectivity index is 0.000000816. The van der Waals surface area contributed by atoms with Crippen LogP contribution in [0.15, 0.2) is 18.3 Å². The summed E-state index contributed by atoms with van der Waals surface area (Å²) in [7, 11) is 0. The Kier molecular flexibility index (Phi) is 8.63. The third-order valence-electron chi connectivity index (χ3n) is 3.64. The number of carboxylic acid groups (broad SMARTS) is 1. The van der Waals surface area contributed by atoms with Gasteiger partial charge in [0.1, 0.15) is 5.82 Å². The topological polar surface area (TPSA) is 129 Å². The molecule has 2 rings (SSSR count). The van der Waals surface area contributed by atoms with Crippen LogP contribution in [0.5, 0.6) is 0 Å². The molecule has 1 unspecified atom stereocenters. The zero-order valence-corrected chi connectivity index (χ0v) is 13.0. The summed E-state index contributed by atoms with van der Waals surface area (Å²) < 4.78 is 0. The molecule has 2 heterocycles. The van der Waals surface area contributed by atoms with E-state index in [9.17, 15) is 9.90 Å². The highest BCUT2D eigenvalue weighted by Gasteiger charge is 2.18. The van der Waals surface area contributed by atoms with Crippen molar-refractivity contribution in [3.05, 3.63) is 23.9 Å². The van der Waals surface area contributed by atoms with Crippen molar-refractivity contribution in [3.63, 3.8) is 0 Å². The predicted octanol–water partition coefficient (Wildman–Crippen LogP) is -0.00250. The molecule has 0 spiro atoms. The average molecular weight is 324 g/mol. The van der Waals surface area contributed by atoms with Crippen LogP contribution < -0.4 is 11.1 Å². The molecule has 1 aromatic heterocycles. The van der Waals surface area contributed by atoms with Gasteiger partial charge in [0, 0.05) is 32.4 Å². The van der Waals surface area contributed by atoms with Gasteiger partial charge in [0.05, 0.1) is 5.56 Å². The molecule has 0 radical (unpaired) electrons. The lowest BCUT2D eigenvalue weighted by Gasteiger charge is -2.31. The second-order valence-corrected chi connectivity index (χ2v) is 5.32. The lowest BCUT2D eigenvalue weighted by atomic mass is 9.99. The van der Waals surface area contributed by atoms with Crippen molar-refractivity contribution in [2.75, 3.05) is 38.1 Å². The number of amides is 1. The van der Waals surface area contributed by atoms with Crippen LogP contribution in [0.2, 0.25) is 0 Å². The molecule has 23 heavy (non-hydrogen) atoms. The van der Waals surface area contributed by atoms with Crippen LogP contribution >= 0.6 is 0 Å². The Morgan fingerprint density at radius 1 is 1.52 bits per heavy atom. The van der Waals surface area contributed by atoms with Crippen molar-refractivity contribution in [3.8, 4) is 0 Å². The number of nitrogens with zero attached hydrogens (tertiary/aromatic N) is 2. The van der Waals surface area contributed by atoms with Gasteiger partial charge < -0.3 is 26.2 Å². The van der Waals surface area contributed by atoms with E-state index in [0.29, 0.717) is 11.5 Å². The Hall–Kier alpha value is -2.19. The first kappa shape index (κ1) is 18.9. The molecule has 8 heteroatoms. The molecule has 1 aliphatic rings. The van der Waals surface area contributed by atoms with E-state index in [1.54, 1.807) is 12.1 Å². The van der Waals surface area contributed by atoms with Gasteiger partial charge in [-0.25, -0.2) is 4.98 Å². The van der Waals surface area contributed by atoms with Gasteiger partial charge in [-0.1, -0.05) is 0 Å². The summed E-state index contributed by atoms with van der Waals surface area (Å²) in [5, 5.41) is 19.3. The van der Waals surface area contributed by atoms with Gasteiger partial charge >= 0.3 is 0 Å². The number of hydrogen-bond donors (Lipinski definition) is 4. The largest absolute Gasteiger partial charge is 0.483 e. The SMILES string of the molecule is NC(=O)c1ccc(NCCN2CCCC(CO)C2)nc1.O=CO. The number of hydrogen-bond acceptors (Lipinski definition) is 6. The van der Waals surface area contributed by atoms with Gasteiger partial charge in [-0.15, -0.1) is 0 Å². The molecule has 0 bridgehead atoms. The molecule has 128 valence electrons. The van der Waals surface area contributed by atoms with E-state index in [1.807, 2.05) is 0 Å². The number of carbonyl (C=O) groups excluding carboxylic acids is 1. The number of carbonyl (C=O) groups is 2. The number of aromatic nitrogens is 1. The monoisotopic (exact) mass is 324 g/mol. The molecular weight excluding hydrogens is 300 g/mol. The fraction of sp³-hybridized carbons (Fsp3) is 0.533. The van der Waals surface area contributed by atoms with Crippen molar-refractivity contribution in [2.45, 2.75) is 12.8 Å². The Bertz CT molecular complexity index is 481. The standard InChI is InChI=1S/C14H22N4O2.CH2O2/c15-14(20)12-3-4-13(17-8-12)16-5-7-18-6-1-2-11(9-18)10-19;2-1-3/h3-4,8,11,19H,1-2,5-7,9-10H2,(H2,15,20)(H,16,17);1H,(H,2,3). The molecule has 1 amide bonds. The highest BCUT2D eigenvalue weighted by atomic mass is 16.3. The summed E-state index contributed by atoms with van der Waals surface area (Å²) in [6, 6.07) is 3.42. The highest BCUT2D eigenvalue weighted by molar-refractivity contribution is 5.92. The predicted molar refractivity (Wildman–Crippen MR) is 86.2 cm³/mol. The number of nitrogens with two attached hydrogens (primary N) is 1. The fourth-order valence-electron chi connectivity index (χ4n) is 2.49. The molecule has 0 aromatic carbocycles. The van der Waals surface area contributed by atoms with Gasteiger partial charge in [0.2, 0.25) is 5.91 Å². The smallest absolute Gasteiger partial charge is 0.290 e. The van der Waals surface area contributed by atoms with Crippen LogP contribution in [-0.4, -0.2) is 65.3 Å². The molecule has 1 fully saturated rings. The Morgan fingerprint density at radius 3 is 2.83 bits per heavy atom. The van der Waals surface area contributed by atoms with Crippen molar-refractivity contribution in [1.29, 1.82) is 0 Å². The van der Waals surface area contributed by atoms with E-state index in [-0.39, 0.29) is 13.1 Å². The van der Waals surface area contributed by atoms with Crippen LogP contribution in [0.1, 0.15) is 23.2 Å². The summed E-state index contributed by atoms with van der Waals surface area (Å²) in [5.41, 5.74) is 5.58. The molecule has 8 nitrogen and oxygen atoms in total. The molecular formula is C15H24N4O4. The summed E-state index contributed by atoms with van der Waals surface area (Å²) >= 11 is 0. The number of rotatable bonds is 6. The van der Waals surface area contributed by atoms with E-state index in [2.05, 4.69) is 15.2 Å². The Morgan fingerprint density at radius 2 is 2.26 bits per heavy atom. The normalized spacial score (nSPS) is 17.7. The first-order valence-corrected chi connectivity index (χ1v) is 7.51. The number of anilines is 1. The van der Waals surface area contributed by atoms with Crippen molar-refractivity contribution in [1.82, 2.24) is 9.88 Å². The molecule has 1 saturated heterocycles. The fourth-order valence-corrected chi connectivity index (χ4v) is 2.49. The van der Waals surface area contributed by atoms with Crippen LogP contribution in [0.3, 0.4) is 0 Å². The minimum absolute atomic E-state index is 0.250. The maximum atomic E-state index is 10.9. The van der Waals surface area contributed by atoms with E-state index in [4.69, 9.17) is 15.6 Å². The third-order valence-corrected chi connectivity index (χ3v) is 3.64. The van der Waals surface area contributed by atoms with E-state index in [1.165, 1.54) is 6.20 Å². The Labute approximate surface area is 135 Å². The first-order valence-electron chi connectivity index (χ1n) is 7.51. The summed E-state index contributed by atoms with van der Waals surface area (Å²) in [6.07, 6.45) is 3.75. The molecule has 0 aliphatic carbocycles. The summed E-state index contributed by atoms with van der Waals surface area (Å²) in [4.78, 5) is 25.8. The van der Waals surface area contributed by atoms with Gasteiger partial charge in [-0.05, 0) is 37.4 Å². The minimum Gasteiger partial charge on any atom is -0.483 e. The number of likely N-dealkylation sites (tertiary alicyclic amines) is 1. The van der Waals surface area contributed by atoms with Gasteiger partial charge in [0.15, 0.2) is 0 Å². The molecule has 1 aliphatic heterocycles. The lowest BCUT2D eigenvalue weighted by Crippen LogP contribution is -2.39. The second-order valence-electron chi connectivity index (χ2n) is 5.32. The summed E-state index contributed by atoms with van der Waals surface area (Å²) in [5.74, 6) is 0.690. The molecule has 0 saturated carbocycles. The van der Waals surface area contributed by atoms with Crippen LogP contribution in [0.4, 0.5) is 5.82 Å². The minimum atomic E-state index is -0.465. The third kappa shape index (κ3) is 7.07. The van der Waals surface area contributed by atoms with Crippen LogP contribution in [0, 0.1) is 5.92 Å². The molecule has 1 aromatic rings. The molecule has 1 atom stereocenters. The maximum absolute atomic E-state index is 10.9. The second kappa shape index (κ2) is 10.5. The van der Waals surface area contributed by atoms with E-state index in [0.717, 1.165) is 44.8 Å². The van der Waals surface area contributed by atoms with Crippen molar-refractivity contribution >= 4 is 18.2 Å². The van der Waals surface area contributed by atoms with Gasteiger partial charge in [-0.3, -0.25) is 9.59 Å². The number of pyridine rings is 1. The number of primary amides is 1. The lowest BCUT2D eigenvalue weighted by molar-refractivity contribution is -0.122. The maximum Gasteiger partial charge on any atom is 0.290 e. The summed E-state index contributed by atoms with van der Waals surface area (Å²) in [6.45, 7) is 3.80. The zero-order valence-electron chi connectivity index (χ0n) is 13.0. The highest BCUT2D eigenvalue weighted by Crippen LogP contribution is 2.15. The van der Waals surface area contributed by atoms with Gasteiger partial charge in [0.25, 0.3) is 6.47 Å². The molecule has 5 N–H and O–H groups in total. The van der Waals surface area contributed by atoms with Gasteiger partial charge in [-0.2, -0.15) is 0 Å². The number of aliphatic hydroxyl groups is 1. The number of aliphatic hydroxyl groups excluding tert-OH is 1. The number of nitrogens with one attached hydrogen (secondary N) is 1.